The van der Waals surface area contributed by atoms with Crippen molar-refractivity contribution in [2.45, 2.75) is 18.7 Å². The number of aromatic carboxylic acids is 1. The lowest BCUT2D eigenvalue weighted by Crippen LogP contribution is -2.38. The lowest BCUT2D eigenvalue weighted by Gasteiger charge is -2.06. The van der Waals surface area contributed by atoms with Gasteiger partial charge in [0.05, 0.1) is 23.3 Å². The monoisotopic (exact) mass is 445 g/mol. The molecule has 3 aromatic rings. The van der Waals surface area contributed by atoms with Crippen LogP contribution < -0.4 is 10.1 Å². The van der Waals surface area contributed by atoms with Gasteiger partial charge in [0.1, 0.15) is 5.56 Å². The summed E-state index contributed by atoms with van der Waals surface area (Å²) in [5.41, 5.74) is 1.00. The van der Waals surface area contributed by atoms with Crippen molar-refractivity contribution >= 4 is 29.4 Å². The molecule has 160 valence electrons. The molecule has 0 unspecified atom stereocenters. The van der Waals surface area contributed by atoms with Crippen LogP contribution in [0.15, 0.2) is 62.6 Å². The molecule has 0 aliphatic rings. The zero-order valence-electron chi connectivity index (χ0n) is 16.3. The Morgan fingerprint density at radius 3 is 2.68 bits per heavy atom. The number of benzene rings is 1. The number of aromatic hydroxyl groups is 1. The Balaban J connectivity index is 2.01. The van der Waals surface area contributed by atoms with Crippen LogP contribution in [0.3, 0.4) is 0 Å². The van der Waals surface area contributed by atoms with Crippen molar-refractivity contribution in [3.63, 3.8) is 0 Å². The Hall–Kier alpha value is -3.58. The fourth-order valence-corrected chi connectivity index (χ4v) is 3.27. The molecule has 31 heavy (non-hydrogen) atoms. The molecule has 0 spiro atoms. The van der Waals surface area contributed by atoms with Crippen LogP contribution in [0, 0.1) is 13.8 Å². The second-order valence-corrected chi connectivity index (χ2v) is 7.08. The van der Waals surface area contributed by atoms with Crippen molar-refractivity contribution in [3.8, 4) is 11.6 Å². The molecule has 0 amide bonds. The van der Waals surface area contributed by atoms with Crippen LogP contribution in [0.25, 0.3) is 5.69 Å². The number of rotatable bonds is 7. The van der Waals surface area contributed by atoms with Gasteiger partial charge in [0.2, 0.25) is 5.88 Å². The normalized spacial score (nSPS) is 11.2. The third-order valence-corrected chi connectivity index (χ3v) is 4.85. The van der Waals surface area contributed by atoms with Crippen LogP contribution in [-0.2, 0) is 9.37 Å². The molecule has 0 saturated heterocycles. The van der Waals surface area contributed by atoms with Crippen LogP contribution >= 0.6 is 12.0 Å². The van der Waals surface area contributed by atoms with Crippen molar-refractivity contribution in [2.75, 3.05) is 0 Å². The third-order valence-electron chi connectivity index (χ3n) is 4.27. The van der Waals surface area contributed by atoms with E-state index in [4.69, 9.17) is 5.26 Å². The molecule has 0 bridgehead atoms. The lowest BCUT2D eigenvalue weighted by molar-refractivity contribution is -0.597. The molecule has 3 rings (SSSR count). The number of aryl methyl sites for hydroxylation is 1. The summed E-state index contributed by atoms with van der Waals surface area (Å²) in [7, 11) is 0. The van der Waals surface area contributed by atoms with E-state index in [2.05, 4.69) is 24.6 Å². The van der Waals surface area contributed by atoms with E-state index in [-0.39, 0.29) is 16.9 Å². The van der Waals surface area contributed by atoms with E-state index in [1.54, 1.807) is 32.0 Å². The molecule has 0 atom stereocenters. The Kier molecular flexibility index (Phi) is 6.77. The van der Waals surface area contributed by atoms with E-state index in [0.29, 0.717) is 16.1 Å². The first-order valence-corrected chi connectivity index (χ1v) is 9.44. The fraction of sp³-hybridized carbons (Fsp3) is 0.105. The van der Waals surface area contributed by atoms with E-state index >= 15 is 0 Å². The summed E-state index contributed by atoms with van der Waals surface area (Å²) < 4.78 is 5.72. The fourth-order valence-electron chi connectivity index (χ4n) is 2.81. The number of H-pyrrole nitrogens is 1. The molecule has 2 aromatic heterocycles. The smallest absolute Gasteiger partial charge is 0.341 e. The average Bonchev–Trinajstić information content (AvgIpc) is 2.73. The number of aromatic amines is 1. The zero-order chi connectivity index (χ0) is 22.5. The Labute approximate surface area is 179 Å². The highest BCUT2D eigenvalue weighted by atomic mass is 32.2. The first-order chi connectivity index (χ1) is 14.8. The number of pyridine rings is 2. The summed E-state index contributed by atoms with van der Waals surface area (Å²) in [5.74, 6) is -1.61. The number of nitrogens with zero attached hydrogens (tertiary/aromatic N) is 3. The summed E-state index contributed by atoms with van der Waals surface area (Å²) in [6.07, 6.45) is 2.80. The molecule has 0 radical (unpaired) electrons. The molecule has 11 nitrogen and oxygen atoms in total. The molecular formula is C19H17N4O7S+. The average molecular weight is 445 g/mol. The number of aromatic nitrogens is 2. The maximum Gasteiger partial charge on any atom is 0.341 e. The molecule has 0 aliphatic heterocycles. The molecule has 2 heterocycles. The Bertz CT molecular complexity index is 1230. The van der Waals surface area contributed by atoms with Crippen molar-refractivity contribution in [1.82, 2.24) is 4.98 Å². The van der Waals surface area contributed by atoms with Gasteiger partial charge in [0, 0.05) is 11.0 Å². The number of hydrogen-bond donors (Lipinski definition) is 4. The summed E-state index contributed by atoms with van der Waals surface area (Å²) in [5, 5.41) is 39.4. The number of azo groups is 1. The predicted molar refractivity (Wildman–Crippen MR) is 108 cm³/mol. The Morgan fingerprint density at radius 2 is 2.00 bits per heavy atom. The van der Waals surface area contributed by atoms with E-state index in [1.807, 2.05) is 0 Å². The van der Waals surface area contributed by atoms with E-state index < -0.39 is 17.4 Å². The van der Waals surface area contributed by atoms with Gasteiger partial charge in [-0.15, -0.1) is 9.45 Å². The van der Waals surface area contributed by atoms with Crippen molar-refractivity contribution in [2.24, 2.45) is 10.2 Å². The third kappa shape index (κ3) is 4.95. The molecular weight excluding hydrogens is 428 g/mol. The molecule has 4 N–H and O–H groups in total. The van der Waals surface area contributed by atoms with Crippen LogP contribution in [-0.4, -0.2) is 26.4 Å². The maximum atomic E-state index is 12.4. The lowest BCUT2D eigenvalue weighted by atomic mass is 10.2. The number of hydrogen-bond acceptors (Lipinski definition) is 9. The number of nitrogens with one attached hydrogen (secondary N) is 1. The minimum absolute atomic E-state index is 0.0123. The van der Waals surface area contributed by atoms with Gasteiger partial charge in [-0.1, -0.05) is 5.04 Å². The second-order valence-electron chi connectivity index (χ2n) is 6.30. The van der Waals surface area contributed by atoms with E-state index in [0.717, 1.165) is 17.6 Å². The molecule has 0 aliphatic carbocycles. The van der Waals surface area contributed by atoms with Gasteiger partial charge in [-0.3, -0.25) is 9.78 Å². The van der Waals surface area contributed by atoms with Crippen LogP contribution in [0.2, 0.25) is 0 Å². The van der Waals surface area contributed by atoms with Gasteiger partial charge in [-0.25, -0.2) is 10.1 Å². The van der Waals surface area contributed by atoms with E-state index in [1.165, 1.54) is 29.1 Å². The van der Waals surface area contributed by atoms with Crippen LogP contribution in [0.4, 0.5) is 11.4 Å². The topological polar surface area (TPSA) is 158 Å². The predicted octanol–water partition coefficient (Wildman–Crippen LogP) is 3.52. The van der Waals surface area contributed by atoms with E-state index in [9.17, 15) is 19.8 Å². The van der Waals surface area contributed by atoms with Crippen LogP contribution in [0.5, 0.6) is 5.88 Å². The first kappa shape index (κ1) is 22.1. The van der Waals surface area contributed by atoms with Gasteiger partial charge in [-0.05, 0) is 43.7 Å². The molecule has 0 saturated carbocycles. The number of carbonyl (C=O) groups is 1. The minimum Gasteiger partial charge on any atom is -0.493 e. The quantitative estimate of drug-likeness (QED) is 0.141. The van der Waals surface area contributed by atoms with Gasteiger partial charge < -0.3 is 10.2 Å². The maximum absolute atomic E-state index is 12.4. The Morgan fingerprint density at radius 1 is 1.23 bits per heavy atom. The van der Waals surface area contributed by atoms with Crippen LogP contribution in [0.1, 0.15) is 21.5 Å². The van der Waals surface area contributed by atoms with Crippen molar-refractivity contribution in [1.29, 1.82) is 0 Å². The largest absolute Gasteiger partial charge is 0.493 e. The minimum atomic E-state index is -1.14. The van der Waals surface area contributed by atoms with Gasteiger partial charge >= 0.3 is 11.5 Å². The first-order valence-electron chi connectivity index (χ1n) is 8.69. The molecule has 12 heteroatoms. The summed E-state index contributed by atoms with van der Waals surface area (Å²) >= 11 is 0.798. The number of carboxylic acids is 1. The second kappa shape index (κ2) is 9.49. The van der Waals surface area contributed by atoms with Gasteiger partial charge in [0.25, 0.3) is 5.69 Å². The van der Waals surface area contributed by atoms with Gasteiger partial charge in [-0.2, -0.15) is 9.68 Å². The van der Waals surface area contributed by atoms with Crippen molar-refractivity contribution < 1.29 is 34.2 Å². The standard InChI is InChI=1S/C19H16N4O7S/c1-10-8-13(31-30-29-28)5-6-14(10)21-22-15-11(2)16(18(25)20-17(15)24)23-7-3-4-12(9-23)19(26)27/h3-9H,1-2H3,(H3-,20,24,25,26,27,28)/p+1. The number of carboxylic acid groups (broad SMARTS) is 1. The summed E-state index contributed by atoms with van der Waals surface area (Å²) in [6.45, 7) is 3.34. The van der Waals surface area contributed by atoms with Crippen molar-refractivity contribution in [3.05, 3.63) is 69.8 Å². The highest BCUT2D eigenvalue weighted by Crippen LogP contribution is 2.32. The highest BCUT2D eigenvalue weighted by molar-refractivity contribution is 7.94. The zero-order valence-corrected chi connectivity index (χ0v) is 17.1. The summed E-state index contributed by atoms with van der Waals surface area (Å²) in [6, 6.07) is 7.91. The summed E-state index contributed by atoms with van der Waals surface area (Å²) in [4.78, 5) is 26.6. The SMILES string of the molecule is Cc1cc(SOOO)ccc1N=Nc1c(O)[nH]c(=O)c(-[n+]2cccc(C(=O)O)c2)c1C. The molecule has 1 aromatic carbocycles. The van der Waals surface area contributed by atoms with Gasteiger partial charge in [0.15, 0.2) is 18.1 Å². The highest BCUT2D eigenvalue weighted by Gasteiger charge is 2.23. The molecule has 0 fully saturated rings.